The van der Waals surface area contributed by atoms with Crippen molar-refractivity contribution in [2.45, 2.75) is 38.6 Å². The van der Waals surface area contributed by atoms with Crippen LogP contribution in [-0.2, 0) is 13.0 Å². The van der Waals surface area contributed by atoms with E-state index in [1.165, 1.54) is 6.42 Å². The van der Waals surface area contributed by atoms with Gasteiger partial charge in [0, 0.05) is 44.0 Å². The predicted octanol–water partition coefficient (Wildman–Crippen LogP) is 4.50. The van der Waals surface area contributed by atoms with E-state index in [-0.39, 0.29) is 5.91 Å². The molecular weight excluding hydrogens is 410 g/mol. The Labute approximate surface area is 195 Å². The molecule has 168 valence electrons. The first kappa shape index (κ1) is 21.3. The lowest BCUT2D eigenvalue weighted by Crippen LogP contribution is -2.36. The van der Waals surface area contributed by atoms with Gasteiger partial charge >= 0.3 is 0 Å². The third kappa shape index (κ3) is 4.36. The Morgan fingerprint density at radius 2 is 1.67 bits per heavy atom. The molecule has 1 aromatic heterocycles. The van der Waals surface area contributed by atoms with Gasteiger partial charge in [-0.1, -0.05) is 36.8 Å². The highest BCUT2D eigenvalue weighted by Crippen LogP contribution is 2.28. The fraction of sp³-hybridized carbons (Fsp3) is 0.370. The van der Waals surface area contributed by atoms with E-state index in [1.54, 1.807) is 0 Å². The van der Waals surface area contributed by atoms with Gasteiger partial charge in [-0.05, 0) is 49.9 Å². The van der Waals surface area contributed by atoms with Crippen molar-refractivity contribution >= 4 is 11.6 Å². The number of hydrogen-bond donors (Lipinski definition) is 0. The van der Waals surface area contributed by atoms with Gasteiger partial charge in [-0.2, -0.15) is 5.26 Å². The largest absolute Gasteiger partial charge is 0.370 e. The monoisotopic (exact) mass is 439 g/mol. The number of nitrogens with zero attached hydrogens (tertiary/aromatic N) is 5. The minimum absolute atomic E-state index is 0.0597. The average molecular weight is 440 g/mol. The number of amides is 1. The van der Waals surface area contributed by atoms with Crippen molar-refractivity contribution in [2.24, 2.45) is 0 Å². The van der Waals surface area contributed by atoms with Crippen LogP contribution in [-0.4, -0.2) is 46.5 Å². The van der Waals surface area contributed by atoms with Gasteiger partial charge in [-0.15, -0.1) is 0 Å². The zero-order valence-electron chi connectivity index (χ0n) is 18.9. The summed E-state index contributed by atoms with van der Waals surface area (Å²) in [7, 11) is 0. The molecule has 1 fully saturated rings. The van der Waals surface area contributed by atoms with Gasteiger partial charge in [0.1, 0.15) is 11.5 Å². The molecule has 1 saturated heterocycles. The molecule has 5 rings (SSSR count). The highest BCUT2D eigenvalue weighted by atomic mass is 16.2. The highest BCUT2D eigenvalue weighted by molar-refractivity contribution is 5.94. The Hall–Kier alpha value is -3.59. The first-order chi connectivity index (χ1) is 16.2. The Balaban J connectivity index is 1.39. The highest BCUT2D eigenvalue weighted by Gasteiger charge is 2.28. The standard InChI is InChI=1S/C27H29N5O/c28-20-21-11-13-23(14-12-21)30-15-7-16-31(19-18-30)27(33)25-24-10-5-2-6-17-32(24)26(29-25)22-8-3-1-4-9-22/h1,3-4,8-9,11-14H,2,5-7,10,15-19H2. The molecule has 1 amide bonds. The smallest absolute Gasteiger partial charge is 0.274 e. The molecule has 0 atom stereocenters. The molecule has 0 unspecified atom stereocenters. The molecule has 2 aliphatic heterocycles. The Kier molecular flexibility index (Phi) is 6.12. The van der Waals surface area contributed by atoms with Crippen LogP contribution in [0.2, 0.25) is 0 Å². The zero-order chi connectivity index (χ0) is 22.6. The van der Waals surface area contributed by atoms with Gasteiger partial charge in [0.2, 0.25) is 0 Å². The van der Waals surface area contributed by atoms with Crippen LogP contribution in [0.5, 0.6) is 0 Å². The number of hydrogen-bond acceptors (Lipinski definition) is 4. The molecule has 0 saturated carbocycles. The van der Waals surface area contributed by atoms with Crippen LogP contribution in [0.4, 0.5) is 5.69 Å². The molecular formula is C27H29N5O. The third-order valence-corrected chi connectivity index (χ3v) is 6.75. The first-order valence-electron chi connectivity index (χ1n) is 11.9. The molecule has 0 N–H and O–H groups in total. The van der Waals surface area contributed by atoms with Gasteiger partial charge < -0.3 is 14.4 Å². The van der Waals surface area contributed by atoms with Crippen molar-refractivity contribution in [3.63, 3.8) is 0 Å². The van der Waals surface area contributed by atoms with Crippen LogP contribution in [0.3, 0.4) is 0 Å². The van der Waals surface area contributed by atoms with E-state index < -0.39 is 0 Å². The number of benzene rings is 2. The van der Waals surface area contributed by atoms with Crippen LogP contribution in [0, 0.1) is 11.3 Å². The number of carbonyl (C=O) groups excluding carboxylic acids is 1. The van der Waals surface area contributed by atoms with E-state index in [0.717, 1.165) is 74.6 Å². The van der Waals surface area contributed by atoms with Crippen molar-refractivity contribution < 1.29 is 4.79 Å². The second-order valence-corrected chi connectivity index (χ2v) is 8.85. The van der Waals surface area contributed by atoms with Crippen LogP contribution in [0.15, 0.2) is 54.6 Å². The Morgan fingerprint density at radius 1 is 0.848 bits per heavy atom. The van der Waals surface area contributed by atoms with E-state index in [2.05, 4.69) is 27.7 Å². The zero-order valence-corrected chi connectivity index (χ0v) is 18.9. The Morgan fingerprint density at radius 3 is 2.45 bits per heavy atom. The van der Waals surface area contributed by atoms with E-state index in [0.29, 0.717) is 17.8 Å². The number of nitriles is 1. The molecule has 0 spiro atoms. The van der Waals surface area contributed by atoms with Crippen LogP contribution >= 0.6 is 0 Å². The summed E-state index contributed by atoms with van der Waals surface area (Å²) in [5, 5.41) is 9.05. The lowest BCUT2D eigenvalue weighted by atomic mass is 10.1. The van der Waals surface area contributed by atoms with E-state index in [9.17, 15) is 4.79 Å². The van der Waals surface area contributed by atoms with Crippen LogP contribution < -0.4 is 4.90 Å². The van der Waals surface area contributed by atoms with E-state index in [4.69, 9.17) is 10.2 Å². The number of fused-ring (bicyclic) bond motifs is 1. The summed E-state index contributed by atoms with van der Waals surface area (Å²) in [6, 6.07) is 20.1. The molecule has 6 heteroatoms. The lowest BCUT2D eigenvalue weighted by Gasteiger charge is -2.23. The quantitative estimate of drug-likeness (QED) is 0.603. The topological polar surface area (TPSA) is 65.2 Å². The fourth-order valence-electron chi connectivity index (χ4n) is 4.97. The molecule has 0 aliphatic carbocycles. The maximum atomic E-state index is 13.7. The van der Waals surface area contributed by atoms with Crippen molar-refractivity contribution in [1.82, 2.24) is 14.5 Å². The number of rotatable bonds is 3. The SMILES string of the molecule is N#Cc1ccc(N2CCCN(C(=O)c3nc(-c4ccccc4)n4c3CCCCC4)CC2)cc1. The molecule has 0 radical (unpaired) electrons. The third-order valence-electron chi connectivity index (χ3n) is 6.75. The number of carbonyl (C=O) groups is 1. The number of anilines is 1. The van der Waals surface area contributed by atoms with Crippen molar-refractivity contribution in [3.8, 4) is 17.5 Å². The minimum atomic E-state index is 0.0597. The summed E-state index contributed by atoms with van der Waals surface area (Å²) in [6.07, 6.45) is 5.24. The van der Waals surface area contributed by atoms with Gasteiger partial charge in [0.15, 0.2) is 0 Å². The van der Waals surface area contributed by atoms with Gasteiger partial charge in [-0.25, -0.2) is 4.98 Å². The van der Waals surface area contributed by atoms with E-state index in [1.807, 2.05) is 47.4 Å². The summed E-state index contributed by atoms with van der Waals surface area (Å²) in [4.78, 5) is 22.9. The number of imidazole rings is 1. The summed E-state index contributed by atoms with van der Waals surface area (Å²) in [5.74, 6) is 0.981. The van der Waals surface area contributed by atoms with Crippen LogP contribution in [0.25, 0.3) is 11.4 Å². The van der Waals surface area contributed by atoms with Crippen molar-refractivity contribution in [1.29, 1.82) is 5.26 Å². The summed E-state index contributed by atoms with van der Waals surface area (Å²) in [5.41, 5.74) is 4.58. The average Bonchev–Trinajstić information content (AvgIpc) is 3.04. The summed E-state index contributed by atoms with van der Waals surface area (Å²) >= 11 is 0. The van der Waals surface area contributed by atoms with Gasteiger partial charge in [0.05, 0.1) is 17.3 Å². The summed E-state index contributed by atoms with van der Waals surface area (Å²) in [6.45, 7) is 4.00. The van der Waals surface area contributed by atoms with Crippen molar-refractivity contribution in [2.75, 3.05) is 31.1 Å². The molecule has 6 nitrogen and oxygen atoms in total. The van der Waals surface area contributed by atoms with E-state index >= 15 is 0 Å². The van der Waals surface area contributed by atoms with Gasteiger partial charge in [0.25, 0.3) is 5.91 Å². The van der Waals surface area contributed by atoms with Crippen molar-refractivity contribution in [3.05, 3.63) is 71.5 Å². The molecule has 3 heterocycles. The molecule has 0 bridgehead atoms. The predicted molar refractivity (Wildman–Crippen MR) is 129 cm³/mol. The first-order valence-corrected chi connectivity index (χ1v) is 11.9. The van der Waals surface area contributed by atoms with Crippen LogP contribution in [0.1, 0.15) is 47.4 Å². The molecule has 3 aromatic rings. The molecule has 33 heavy (non-hydrogen) atoms. The maximum absolute atomic E-state index is 13.7. The maximum Gasteiger partial charge on any atom is 0.274 e. The normalized spacial score (nSPS) is 16.5. The molecule has 2 aliphatic rings. The minimum Gasteiger partial charge on any atom is -0.370 e. The Bertz CT molecular complexity index is 1160. The second kappa shape index (κ2) is 9.50. The number of aromatic nitrogens is 2. The fourth-order valence-corrected chi connectivity index (χ4v) is 4.97. The lowest BCUT2D eigenvalue weighted by molar-refractivity contribution is 0.0760. The summed E-state index contributed by atoms with van der Waals surface area (Å²) < 4.78 is 2.29. The van der Waals surface area contributed by atoms with Gasteiger partial charge in [-0.3, -0.25) is 4.79 Å². The molecule has 2 aromatic carbocycles. The second-order valence-electron chi connectivity index (χ2n) is 8.85.